The molecule has 1 rings (SSSR count). The van der Waals surface area contributed by atoms with Crippen molar-refractivity contribution in [2.24, 2.45) is 0 Å². The van der Waals surface area contributed by atoms with E-state index >= 15 is 0 Å². The van der Waals surface area contributed by atoms with Crippen LogP contribution in [0.25, 0.3) is 0 Å². The van der Waals surface area contributed by atoms with Crippen molar-refractivity contribution >= 4 is 17.9 Å². The summed E-state index contributed by atoms with van der Waals surface area (Å²) in [6, 6.07) is 6.22. The predicted molar refractivity (Wildman–Crippen MR) is 83.1 cm³/mol. The van der Waals surface area contributed by atoms with Crippen molar-refractivity contribution < 1.29 is 28.6 Å². The van der Waals surface area contributed by atoms with Crippen LogP contribution in [0.15, 0.2) is 36.4 Å². The average Bonchev–Trinajstić information content (AvgIpc) is 2.55. The third kappa shape index (κ3) is 5.94. The smallest absolute Gasteiger partial charge is 0.339 e. The Morgan fingerprint density at radius 1 is 0.913 bits per heavy atom. The fourth-order valence-corrected chi connectivity index (χ4v) is 1.58. The Labute approximate surface area is 135 Å². The van der Waals surface area contributed by atoms with Gasteiger partial charge in [-0.15, -0.1) is 0 Å². The third-order valence-corrected chi connectivity index (χ3v) is 2.70. The van der Waals surface area contributed by atoms with E-state index in [4.69, 9.17) is 14.2 Å². The van der Waals surface area contributed by atoms with E-state index in [-0.39, 0.29) is 36.5 Å². The zero-order valence-corrected chi connectivity index (χ0v) is 13.3. The highest BCUT2D eigenvalue weighted by atomic mass is 16.6. The van der Waals surface area contributed by atoms with Gasteiger partial charge in [-0.2, -0.15) is 0 Å². The minimum atomic E-state index is -0.680. The van der Waals surface area contributed by atoms with Crippen LogP contribution in [0.1, 0.15) is 41.0 Å². The van der Waals surface area contributed by atoms with Gasteiger partial charge in [0.05, 0.1) is 17.7 Å². The molecule has 0 unspecified atom stereocenters. The first-order chi connectivity index (χ1) is 11.0. The zero-order chi connectivity index (χ0) is 17.2. The number of hydrogen-bond donors (Lipinski definition) is 0. The van der Waals surface area contributed by atoms with Gasteiger partial charge in [-0.05, 0) is 25.5 Å². The highest BCUT2D eigenvalue weighted by molar-refractivity contribution is 6.03. The van der Waals surface area contributed by atoms with Crippen LogP contribution < -0.4 is 0 Å². The van der Waals surface area contributed by atoms with Gasteiger partial charge in [-0.25, -0.2) is 14.4 Å². The summed E-state index contributed by atoms with van der Waals surface area (Å²) < 4.78 is 14.8. The highest BCUT2D eigenvalue weighted by Gasteiger charge is 2.18. The molecule has 6 nitrogen and oxygen atoms in total. The SMILES string of the molecule is C=C(C)C(=O)OCCOC(=O)c1ccccc1C(=O)OCCC. The topological polar surface area (TPSA) is 78.9 Å². The molecule has 1 aromatic rings. The maximum Gasteiger partial charge on any atom is 0.339 e. The lowest BCUT2D eigenvalue weighted by molar-refractivity contribution is -0.140. The standard InChI is InChI=1S/C17H20O6/c1-4-9-21-16(19)13-7-5-6-8-14(13)17(20)23-11-10-22-15(18)12(2)3/h5-8H,2,4,9-11H2,1,3H3. The Balaban J connectivity index is 2.61. The van der Waals surface area contributed by atoms with E-state index < -0.39 is 17.9 Å². The minimum Gasteiger partial charge on any atom is -0.462 e. The lowest BCUT2D eigenvalue weighted by atomic mass is 10.1. The van der Waals surface area contributed by atoms with Gasteiger partial charge in [0.2, 0.25) is 0 Å². The fraction of sp³-hybridized carbons (Fsp3) is 0.353. The van der Waals surface area contributed by atoms with Crippen LogP contribution in [0.2, 0.25) is 0 Å². The molecule has 0 saturated carbocycles. The van der Waals surface area contributed by atoms with E-state index in [0.29, 0.717) is 6.42 Å². The van der Waals surface area contributed by atoms with Crippen LogP contribution in [0.4, 0.5) is 0 Å². The minimum absolute atomic E-state index is 0.0835. The largest absolute Gasteiger partial charge is 0.462 e. The first kappa shape index (κ1) is 18.4. The van der Waals surface area contributed by atoms with Crippen molar-refractivity contribution in [1.29, 1.82) is 0 Å². The number of carbonyl (C=O) groups is 3. The number of hydrogen-bond acceptors (Lipinski definition) is 6. The van der Waals surface area contributed by atoms with Gasteiger partial charge in [0.25, 0.3) is 0 Å². The Kier molecular flexibility index (Phi) is 7.53. The highest BCUT2D eigenvalue weighted by Crippen LogP contribution is 2.12. The number of ether oxygens (including phenoxy) is 3. The van der Waals surface area contributed by atoms with Crippen LogP contribution in [0.5, 0.6) is 0 Å². The van der Waals surface area contributed by atoms with Crippen LogP contribution >= 0.6 is 0 Å². The monoisotopic (exact) mass is 320 g/mol. The molecule has 0 atom stereocenters. The summed E-state index contributed by atoms with van der Waals surface area (Å²) in [5.41, 5.74) is 0.519. The van der Waals surface area contributed by atoms with Gasteiger partial charge in [0, 0.05) is 5.57 Å². The molecule has 23 heavy (non-hydrogen) atoms. The second kappa shape index (κ2) is 9.40. The first-order valence-corrected chi connectivity index (χ1v) is 7.23. The summed E-state index contributed by atoms with van der Waals surface area (Å²) in [6.07, 6.45) is 0.687. The number of carbonyl (C=O) groups excluding carboxylic acids is 3. The van der Waals surface area contributed by atoms with Gasteiger partial charge in [0.15, 0.2) is 0 Å². The fourth-order valence-electron chi connectivity index (χ4n) is 1.58. The zero-order valence-electron chi connectivity index (χ0n) is 13.3. The summed E-state index contributed by atoms with van der Waals surface area (Å²) in [5.74, 6) is -1.81. The van der Waals surface area contributed by atoms with E-state index in [1.807, 2.05) is 6.92 Å². The molecule has 0 heterocycles. The van der Waals surface area contributed by atoms with E-state index in [1.165, 1.54) is 19.1 Å². The Morgan fingerprint density at radius 2 is 1.39 bits per heavy atom. The molecule has 0 aliphatic heterocycles. The molecule has 0 bridgehead atoms. The molecular weight excluding hydrogens is 300 g/mol. The second-order valence-electron chi connectivity index (χ2n) is 4.73. The lowest BCUT2D eigenvalue weighted by Crippen LogP contribution is -2.17. The maximum absolute atomic E-state index is 12.0. The summed E-state index contributed by atoms with van der Waals surface area (Å²) >= 11 is 0. The van der Waals surface area contributed by atoms with Crippen molar-refractivity contribution in [2.45, 2.75) is 20.3 Å². The van der Waals surface area contributed by atoms with Gasteiger partial charge in [0.1, 0.15) is 13.2 Å². The molecule has 1 aromatic carbocycles. The molecule has 0 radical (unpaired) electrons. The molecular formula is C17H20O6. The van der Waals surface area contributed by atoms with Gasteiger partial charge in [-0.1, -0.05) is 25.6 Å². The van der Waals surface area contributed by atoms with Crippen LogP contribution in [0.3, 0.4) is 0 Å². The van der Waals surface area contributed by atoms with Crippen molar-refractivity contribution in [3.63, 3.8) is 0 Å². The Morgan fingerprint density at radius 3 is 1.87 bits per heavy atom. The third-order valence-electron chi connectivity index (χ3n) is 2.70. The number of benzene rings is 1. The van der Waals surface area contributed by atoms with E-state index in [9.17, 15) is 14.4 Å². The van der Waals surface area contributed by atoms with Gasteiger partial charge < -0.3 is 14.2 Å². The molecule has 0 amide bonds. The van der Waals surface area contributed by atoms with Gasteiger partial charge >= 0.3 is 17.9 Å². The Hall–Kier alpha value is -2.63. The second-order valence-corrected chi connectivity index (χ2v) is 4.73. The molecule has 0 N–H and O–H groups in total. The van der Waals surface area contributed by atoms with E-state index in [2.05, 4.69) is 6.58 Å². The van der Waals surface area contributed by atoms with Crippen molar-refractivity contribution in [3.8, 4) is 0 Å². The molecule has 0 saturated heterocycles. The summed E-state index contributed by atoms with van der Waals surface area (Å²) in [5, 5.41) is 0. The molecule has 0 aromatic heterocycles. The first-order valence-electron chi connectivity index (χ1n) is 7.23. The summed E-state index contributed by atoms with van der Waals surface area (Å²) in [6.45, 7) is 6.91. The molecule has 124 valence electrons. The maximum atomic E-state index is 12.0. The molecule has 6 heteroatoms. The average molecular weight is 320 g/mol. The van der Waals surface area contributed by atoms with Crippen LogP contribution in [-0.4, -0.2) is 37.7 Å². The molecule has 0 aliphatic carbocycles. The van der Waals surface area contributed by atoms with Crippen LogP contribution in [-0.2, 0) is 19.0 Å². The van der Waals surface area contributed by atoms with Crippen LogP contribution in [0, 0.1) is 0 Å². The van der Waals surface area contributed by atoms with Gasteiger partial charge in [-0.3, -0.25) is 0 Å². The number of rotatable bonds is 8. The Bertz CT molecular complexity index is 591. The molecule has 0 aliphatic rings. The van der Waals surface area contributed by atoms with E-state index in [0.717, 1.165) is 0 Å². The number of esters is 3. The lowest BCUT2D eigenvalue weighted by Gasteiger charge is -2.09. The predicted octanol–water partition coefficient (Wildman–Crippen LogP) is 2.53. The van der Waals surface area contributed by atoms with Crippen molar-refractivity contribution in [2.75, 3.05) is 19.8 Å². The van der Waals surface area contributed by atoms with Crippen molar-refractivity contribution in [1.82, 2.24) is 0 Å². The normalized spacial score (nSPS) is 9.83. The molecule has 0 fully saturated rings. The quantitative estimate of drug-likeness (QED) is 0.317. The van der Waals surface area contributed by atoms with Crippen molar-refractivity contribution in [3.05, 3.63) is 47.5 Å². The molecule has 0 spiro atoms. The summed E-state index contributed by atoms with van der Waals surface area (Å²) in [7, 11) is 0. The summed E-state index contributed by atoms with van der Waals surface area (Å²) in [4.78, 5) is 35.1. The van der Waals surface area contributed by atoms with E-state index in [1.54, 1.807) is 12.1 Å².